The summed E-state index contributed by atoms with van der Waals surface area (Å²) in [6.45, 7) is 5.27. The first kappa shape index (κ1) is 9.48. The molecule has 70 valence electrons. The molecule has 1 saturated heterocycles. The SMILES string of the molecule is CCN1CCC(C(=O)NN)CC1. The summed E-state index contributed by atoms with van der Waals surface area (Å²) in [6, 6.07) is 0. The summed E-state index contributed by atoms with van der Waals surface area (Å²) in [5.74, 6) is 5.19. The molecule has 0 aliphatic carbocycles. The number of hydrogen-bond acceptors (Lipinski definition) is 3. The van der Waals surface area contributed by atoms with Crippen LogP contribution in [0.3, 0.4) is 0 Å². The van der Waals surface area contributed by atoms with Gasteiger partial charge in [0.2, 0.25) is 5.91 Å². The molecule has 12 heavy (non-hydrogen) atoms. The molecule has 0 radical (unpaired) electrons. The Labute approximate surface area is 73.1 Å². The van der Waals surface area contributed by atoms with Crippen molar-refractivity contribution in [2.24, 2.45) is 11.8 Å². The first-order chi connectivity index (χ1) is 5.77. The average Bonchev–Trinajstić information content (AvgIpc) is 2.17. The summed E-state index contributed by atoms with van der Waals surface area (Å²) in [5, 5.41) is 0. The highest BCUT2D eigenvalue weighted by molar-refractivity contribution is 5.78. The Kier molecular flexibility index (Phi) is 3.49. The van der Waals surface area contributed by atoms with Crippen LogP contribution in [0.5, 0.6) is 0 Å². The highest BCUT2D eigenvalue weighted by Gasteiger charge is 2.23. The van der Waals surface area contributed by atoms with Gasteiger partial charge in [0.05, 0.1) is 0 Å². The highest BCUT2D eigenvalue weighted by atomic mass is 16.2. The lowest BCUT2D eigenvalue weighted by Gasteiger charge is -2.29. The predicted molar refractivity (Wildman–Crippen MR) is 47.2 cm³/mol. The van der Waals surface area contributed by atoms with Crippen molar-refractivity contribution in [1.29, 1.82) is 0 Å². The van der Waals surface area contributed by atoms with E-state index in [4.69, 9.17) is 5.84 Å². The van der Waals surface area contributed by atoms with Crippen LogP contribution in [0.1, 0.15) is 19.8 Å². The normalized spacial score (nSPS) is 20.8. The molecule has 3 N–H and O–H groups in total. The number of nitrogens with one attached hydrogen (secondary N) is 1. The zero-order valence-electron chi connectivity index (χ0n) is 7.55. The Morgan fingerprint density at radius 1 is 1.58 bits per heavy atom. The molecule has 0 spiro atoms. The number of rotatable bonds is 2. The van der Waals surface area contributed by atoms with Crippen LogP contribution in [0.2, 0.25) is 0 Å². The van der Waals surface area contributed by atoms with Gasteiger partial charge >= 0.3 is 0 Å². The third-order valence-corrected chi connectivity index (χ3v) is 2.55. The van der Waals surface area contributed by atoms with Gasteiger partial charge < -0.3 is 4.90 Å². The van der Waals surface area contributed by atoms with Crippen molar-refractivity contribution in [3.8, 4) is 0 Å². The Balaban J connectivity index is 2.30. The van der Waals surface area contributed by atoms with E-state index in [1.807, 2.05) is 0 Å². The van der Waals surface area contributed by atoms with Crippen molar-refractivity contribution in [3.05, 3.63) is 0 Å². The quantitative estimate of drug-likeness (QED) is 0.341. The van der Waals surface area contributed by atoms with Gasteiger partial charge in [0.25, 0.3) is 0 Å². The fraction of sp³-hybridized carbons (Fsp3) is 0.875. The monoisotopic (exact) mass is 171 g/mol. The number of piperidine rings is 1. The second kappa shape index (κ2) is 4.42. The molecule has 4 nitrogen and oxygen atoms in total. The van der Waals surface area contributed by atoms with Crippen molar-refractivity contribution in [2.45, 2.75) is 19.8 Å². The summed E-state index contributed by atoms with van der Waals surface area (Å²) in [4.78, 5) is 13.5. The molecule has 0 atom stereocenters. The Morgan fingerprint density at radius 2 is 2.17 bits per heavy atom. The van der Waals surface area contributed by atoms with E-state index in [-0.39, 0.29) is 11.8 Å². The number of carbonyl (C=O) groups excluding carboxylic acids is 1. The summed E-state index contributed by atoms with van der Waals surface area (Å²) in [7, 11) is 0. The molecule has 1 fully saturated rings. The fourth-order valence-corrected chi connectivity index (χ4v) is 1.63. The van der Waals surface area contributed by atoms with Crippen molar-refractivity contribution < 1.29 is 4.79 Å². The minimum Gasteiger partial charge on any atom is -0.304 e. The summed E-state index contributed by atoms with van der Waals surface area (Å²) in [6.07, 6.45) is 1.88. The van der Waals surface area contributed by atoms with Gasteiger partial charge in [-0.15, -0.1) is 0 Å². The van der Waals surface area contributed by atoms with Gasteiger partial charge in [-0.05, 0) is 32.5 Å². The van der Waals surface area contributed by atoms with Crippen molar-refractivity contribution in [1.82, 2.24) is 10.3 Å². The van der Waals surface area contributed by atoms with Gasteiger partial charge in [-0.3, -0.25) is 10.2 Å². The standard InChI is InChI=1S/C8H17N3O/c1-2-11-5-3-7(4-6-11)8(12)10-9/h7H,2-6,9H2,1H3,(H,10,12). The Hall–Kier alpha value is -0.610. The Bertz CT molecular complexity index is 152. The fourth-order valence-electron chi connectivity index (χ4n) is 1.63. The van der Waals surface area contributed by atoms with E-state index in [1.165, 1.54) is 0 Å². The molecular weight excluding hydrogens is 154 g/mol. The molecule has 4 heteroatoms. The maximum Gasteiger partial charge on any atom is 0.237 e. The average molecular weight is 171 g/mol. The number of nitrogens with two attached hydrogens (primary N) is 1. The molecule has 0 unspecified atom stereocenters. The van der Waals surface area contributed by atoms with Crippen LogP contribution in [0.4, 0.5) is 0 Å². The smallest absolute Gasteiger partial charge is 0.237 e. The summed E-state index contributed by atoms with van der Waals surface area (Å²) in [5.41, 5.74) is 2.21. The molecule has 0 aromatic carbocycles. The highest BCUT2D eigenvalue weighted by Crippen LogP contribution is 2.16. The minimum absolute atomic E-state index is 0.00856. The summed E-state index contributed by atoms with van der Waals surface area (Å²) < 4.78 is 0. The van der Waals surface area contributed by atoms with E-state index < -0.39 is 0 Å². The topological polar surface area (TPSA) is 58.4 Å². The predicted octanol–water partition coefficient (Wildman–Crippen LogP) is -0.292. The van der Waals surface area contributed by atoms with Gasteiger partial charge in [0, 0.05) is 5.92 Å². The Morgan fingerprint density at radius 3 is 2.58 bits per heavy atom. The third-order valence-electron chi connectivity index (χ3n) is 2.55. The molecule has 0 bridgehead atoms. The number of amides is 1. The van der Waals surface area contributed by atoms with Crippen LogP contribution in [0.25, 0.3) is 0 Å². The van der Waals surface area contributed by atoms with E-state index in [0.29, 0.717) is 0 Å². The second-order valence-electron chi connectivity index (χ2n) is 3.22. The van der Waals surface area contributed by atoms with Crippen LogP contribution in [0, 0.1) is 5.92 Å². The van der Waals surface area contributed by atoms with E-state index >= 15 is 0 Å². The molecule has 0 aromatic heterocycles. The van der Waals surface area contributed by atoms with Gasteiger partial charge in [-0.1, -0.05) is 6.92 Å². The van der Waals surface area contributed by atoms with Crippen molar-refractivity contribution in [2.75, 3.05) is 19.6 Å². The molecule has 1 heterocycles. The van der Waals surface area contributed by atoms with Crippen LogP contribution in [0.15, 0.2) is 0 Å². The van der Waals surface area contributed by atoms with E-state index in [0.717, 1.165) is 32.5 Å². The van der Waals surface area contributed by atoms with Gasteiger partial charge in [0.15, 0.2) is 0 Å². The van der Waals surface area contributed by atoms with Crippen molar-refractivity contribution in [3.63, 3.8) is 0 Å². The molecule has 0 saturated carbocycles. The molecule has 0 aromatic rings. The molecule has 1 amide bonds. The largest absolute Gasteiger partial charge is 0.304 e. The molecule has 1 aliphatic rings. The van der Waals surface area contributed by atoms with E-state index in [1.54, 1.807) is 0 Å². The van der Waals surface area contributed by atoms with Gasteiger partial charge in [-0.2, -0.15) is 0 Å². The zero-order valence-corrected chi connectivity index (χ0v) is 7.55. The van der Waals surface area contributed by atoms with Gasteiger partial charge in [0.1, 0.15) is 0 Å². The lowest BCUT2D eigenvalue weighted by Crippen LogP contribution is -2.42. The summed E-state index contributed by atoms with van der Waals surface area (Å²) >= 11 is 0. The maximum atomic E-state index is 11.1. The molecule has 1 aliphatic heterocycles. The van der Waals surface area contributed by atoms with E-state index in [9.17, 15) is 4.79 Å². The third kappa shape index (κ3) is 2.19. The molecular formula is C8H17N3O. The van der Waals surface area contributed by atoms with Crippen LogP contribution in [-0.4, -0.2) is 30.4 Å². The van der Waals surface area contributed by atoms with Crippen LogP contribution in [-0.2, 0) is 4.79 Å². The lowest BCUT2D eigenvalue weighted by molar-refractivity contribution is -0.126. The number of likely N-dealkylation sites (tertiary alicyclic amines) is 1. The number of nitrogens with zero attached hydrogens (tertiary/aromatic N) is 1. The van der Waals surface area contributed by atoms with E-state index in [2.05, 4.69) is 17.2 Å². The number of hydrogen-bond donors (Lipinski definition) is 2. The van der Waals surface area contributed by atoms with Gasteiger partial charge in [-0.25, -0.2) is 5.84 Å². The first-order valence-electron chi connectivity index (χ1n) is 4.50. The minimum atomic E-state index is -0.00856. The lowest BCUT2D eigenvalue weighted by atomic mass is 9.96. The zero-order chi connectivity index (χ0) is 8.97. The first-order valence-corrected chi connectivity index (χ1v) is 4.50. The molecule has 1 rings (SSSR count). The second-order valence-corrected chi connectivity index (χ2v) is 3.22. The maximum absolute atomic E-state index is 11.1. The van der Waals surface area contributed by atoms with Crippen LogP contribution >= 0.6 is 0 Å². The van der Waals surface area contributed by atoms with Crippen LogP contribution < -0.4 is 11.3 Å². The number of hydrazine groups is 1. The van der Waals surface area contributed by atoms with Crippen molar-refractivity contribution >= 4 is 5.91 Å². The number of carbonyl (C=O) groups is 1.